The third-order valence-electron chi connectivity index (χ3n) is 4.34. The van der Waals surface area contributed by atoms with Crippen LogP contribution in [0.25, 0.3) is 0 Å². The highest BCUT2D eigenvalue weighted by Gasteiger charge is 2.29. The van der Waals surface area contributed by atoms with Crippen molar-refractivity contribution in [2.75, 3.05) is 13.1 Å². The number of aryl methyl sites for hydroxylation is 2. The normalized spacial score (nSPS) is 19.9. The quantitative estimate of drug-likeness (QED) is 0.847. The van der Waals surface area contributed by atoms with Crippen molar-refractivity contribution in [3.63, 3.8) is 0 Å². The van der Waals surface area contributed by atoms with Crippen LogP contribution >= 0.6 is 0 Å². The fraction of sp³-hybridized carbons (Fsp3) is 0.643. The molecule has 2 aromatic heterocycles. The van der Waals surface area contributed by atoms with E-state index in [1.165, 1.54) is 29.8 Å². The lowest BCUT2D eigenvalue weighted by Crippen LogP contribution is -2.28. The van der Waals surface area contributed by atoms with Crippen LogP contribution in [0, 0.1) is 13.8 Å². The number of rotatable bonds is 4. The summed E-state index contributed by atoms with van der Waals surface area (Å²) in [6.45, 7) is 7.36. The lowest BCUT2D eigenvalue weighted by atomic mass is 10.0. The summed E-state index contributed by atoms with van der Waals surface area (Å²) in [4.78, 5) is 6.55. The van der Waals surface area contributed by atoms with Gasteiger partial charge >= 0.3 is 0 Å². The van der Waals surface area contributed by atoms with Gasteiger partial charge in [-0.25, -0.2) is 4.98 Å². The lowest BCUT2D eigenvalue weighted by molar-refractivity contribution is 0.241. The average Bonchev–Trinajstić information content (AvgIpc) is 3.10. The Morgan fingerprint density at radius 2 is 2.15 bits per heavy atom. The lowest BCUT2D eigenvalue weighted by Gasteiger charge is -2.25. The first-order valence-electron chi connectivity index (χ1n) is 7.23. The smallest absolute Gasteiger partial charge is 0.137 e. The minimum absolute atomic E-state index is 0.507. The Balaban J connectivity index is 1.75. The summed E-state index contributed by atoms with van der Waals surface area (Å²) in [7, 11) is 2.03. The third-order valence-corrected chi connectivity index (χ3v) is 4.34. The molecular formula is C14H22N6. The van der Waals surface area contributed by atoms with Crippen LogP contribution in [0.15, 0.2) is 12.7 Å². The summed E-state index contributed by atoms with van der Waals surface area (Å²) in [5, 5.41) is 8.74. The van der Waals surface area contributed by atoms with Crippen molar-refractivity contribution in [3.05, 3.63) is 29.6 Å². The minimum atomic E-state index is 0.507. The van der Waals surface area contributed by atoms with Gasteiger partial charge in [-0.2, -0.15) is 10.2 Å². The summed E-state index contributed by atoms with van der Waals surface area (Å²) in [5.41, 5.74) is 3.88. The first-order chi connectivity index (χ1) is 9.66. The van der Waals surface area contributed by atoms with E-state index in [9.17, 15) is 0 Å². The van der Waals surface area contributed by atoms with Crippen LogP contribution in [0.1, 0.15) is 35.8 Å². The van der Waals surface area contributed by atoms with Gasteiger partial charge in [0, 0.05) is 30.9 Å². The summed E-state index contributed by atoms with van der Waals surface area (Å²) in [6.07, 6.45) is 5.86. The Morgan fingerprint density at radius 1 is 1.30 bits per heavy atom. The molecular weight excluding hydrogens is 252 g/mol. The van der Waals surface area contributed by atoms with Crippen molar-refractivity contribution >= 4 is 0 Å². The van der Waals surface area contributed by atoms with Crippen LogP contribution in [0.2, 0.25) is 0 Å². The molecule has 0 aromatic carbocycles. The molecule has 2 aromatic rings. The van der Waals surface area contributed by atoms with E-state index in [1.54, 1.807) is 12.7 Å². The average molecular weight is 274 g/mol. The van der Waals surface area contributed by atoms with Gasteiger partial charge in [0.2, 0.25) is 0 Å². The number of hydrogen-bond donors (Lipinski definition) is 0. The predicted molar refractivity (Wildman–Crippen MR) is 76.3 cm³/mol. The molecule has 1 aliphatic rings. The Morgan fingerprint density at radius 3 is 2.80 bits per heavy atom. The van der Waals surface area contributed by atoms with Gasteiger partial charge in [0.15, 0.2) is 0 Å². The second kappa shape index (κ2) is 5.36. The highest BCUT2D eigenvalue weighted by Crippen LogP contribution is 2.35. The van der Waals surface area contributed by atoms with E-state index in [2.05, 4.69) is 33.9 Å². The van der Waals surface area contributed by atoms with Gasteiger partial charge in [0.05, 0.1) is 12.2 Å². The fourth-order valence-corrected chi connectivity index (χ4v) is 3.27. The maximum absolute atomic E-state index is 4.56. The molecule has 6 heteroatoms. The van der Waals surface area contributed by atoms with E-state index in [4.69, 9.17) is 0 Å². The Labute approximate surface area is 119 Å². The minimum Gasteiger partial charge on any atom is -0.294 e. The second-order valence-corrected chi connectivity index (χ2v) is 5.56. The molecule has 0 aliphatic carbocycles. The highest BCUT2D eigenvalue weighted by molar-refractivity contribution is 5.29. The Bertz CT molecular complexity index is 571. The van der Waals surface area contributed by atoms with E-state index in [1.807, 2.05) is 16.4 Å². The second-order valence-electron chi connectivity index (χ2n) is 5.56. The molecule has 0 amide bonds. The molecule has 0 saturated carbocycles. The van der Waals surface area contributed by atoms with Crippen LogP contribution in [0.4, 0.5) is 0 Å². The molecule has 1 aliphatic heterocycles. The fourth-order valence-electron chi connectivity index (χ4n) is 3.27. The zero-order valence-electron chi connectivity index (χ0n) is 12.5. The van der Waals surface area contributed by atoms with Gasteiger partial charge in [-0.1, -0.05) is 0 Å². The van der Waals surface area contributed by atoms with Gasteiger partial charge in [0.1, 0.15) is 12.7 Å². The van der Waals surface area contributed by atoms with Crippen molar-refractivity contribution in [1.82, 2.24) is 29.4 Å². The predicted octanol–water partition coefficient (Wildman–Crippen LogP) is 1.47. The van der Waals surface area contributed by atoms with Crippen LogP contribution in [-0.4, -0.2) is 42.5 Å². The maximum Gasteiger partial charge on any atom is 0.137 e. The number of aromatic nitrogens is 5. The molecule has 0 spiro atoms. The van der Waals surface area contributed by atoms with Crippen LogP contribution in [-0.2, 0) is 13.6 Å². The molecule has 6 nitrogen and oxygen atoms in total. The first kappa shape index (κ1) is 13.3. The van der Waals surface area contributed by atoms with E-state index in [0.29, 0.717) is 6.04 Å². The van der Waals surface area contributed by atoms with Gasteiger partial charge in [-0.05, 0) is 33.2 Å². The third kappa shape index (κ3) is 2.35. The topological polar surface area (TPSA) is 51.8 Å². The van der Waals surface area contributed by atoms with Gasteiger partial charge in [-0.15, -0.1) is 0 Å². The number of hydrogen-bond acceptors (Lipinski definition) is 4. The van der Waals surface area contributed by atoms with Gasteiger partial charge < -0.3 is 0 Å². The highest BCUT2D eigenvalue weighted by atomic mass is 15.3. The van der Waals surface area contributed by atoms with Gasteiger partial charge in [0.25, 0.3) is 0 Å². The molecule has 0 N–H and O–H groups in total. The maximum atomic E-state index is 4.56. The molecule has 1 unspecified atom stereocenters. The summed E-state index contributed by atoms with van der Waals surface area (Å²) >= 11 is 0. The molecule has 3 rings (SSSR count). The number of likely N-dealkylation sites (tertiary alicyclic amines) is 1. The Kier molecular flexibility index (Phi) is 3.56. The largest absolute Gasteiger partial charge is 0.294 e. The molecule has 1 saturated heterocycles. The van der Waals surface area contributed by atoms with Gasteiger partial charge in [-0.3, -0.25) is 14.3 Å². The molecule has 1 fully saturated rings. The molecule has 3 heterocycles. The monoisotopic (exact) mass is 274 g/mol. The van der Waals surface area contributed by atoms with Crippen molar-refractivity contribution in [2.45, 2.75) is 39.3 Å². The summed E-state index contributed by atoms with van der Waals surface area (Å²) in [5.74, 6) is 0. The summed E-state index contributed by atoms with van der Waals surface area (Å²) in [6, 6.07) is 0.507. The zero-order valence-corrected chi connectivity index (χ0v) is 12.5. The van der Waals surface area contributed by atoms with E-state index in [-0.39, 0.29) is 0 Å². The molecule has 0 radical (unpaired) electrons. The van der Waals surface area contributed by atoms with Crippen LogP contribution in [0.3, 0.4) is 0 Å². The first-order valence-corrected chi connectivity index (χ1v) is 7.23. The summed E-state index contributed by atoms with van der Waals surface area (Å²) < 4.78 is 3.90. The standard InChI is InChI=1S/C14H22N6/c1-11-14(12(2)18(3)17-11)13-5-4-6-19(13)7-8-20-10-15-9-16-20/h9-10,13H,4-8H2,1-3H3. The van der Waals surface area contributed by atoms with Crippen molar-refractivity contribution in [1.29, 1.82) is 0 Å². The SMILES string of the molecule is Cc1nn(C)c(C)c1C1CCCN1CCn1cncn1. The van der Waals surface area contributed by atoms with E-state index in [0.717, 1.165) is 19.6 Å². The molecule has 20 heavy (non-hydrogen) atoms. The van der Waals surface area contributed by atoms with E-state index < -0.39 is 0 Å². The number of nitrogens with zero attached hydrogens (tertiary/aromatic N) is 6. The van der Waals surface area contributed by atoms with Crippen molar-refractivity contribution < 1.29 is 0 Å². The zero-order chi connectivity index (χ0) is 14.1. The van der Waals surface area contributed by atoms with Crippen molar-refractivity contribution in [2.24, 2.45) is 7.05 Å². The Hall–Kier alpha value is -1.69. The molecule has 0 bridgehead atoms. The van der Waals surface area contributed by atoms with E-state index >= 15 is 0 Å². The molecule has 108 valence electrons. The van der Waals surface area contributed by atoms with Crippen molar-refractivity contribution in [3.8, 4) is 0 Å². The van der Waals surface area contributed by atoms with Crippen LogP contribution < -0.4 is 0 Å². The van der Waals surface area contributed by atoms with Crippen LogP contribution in [0.5, 0.6) is 0 Å². The molecule has 1 atom stereocenters.